The first-order valence-corrected chi connectivity index (χ1v) is 5.53. The molecule has 72 valence electrons. The second kappa shape index (κ2) is 3.06. The highest BCUT2D eigenvalue weighted by molar-refractivity contribution is 9.10. The fourth-order valence-electron chi connectivity index (χ4n) is 1.86. The Bertz CT molecular complexity index is 603. The van der Waals surface area contributed by atoms with Crippen LogP contribution in [0.3, 0.4) is 0 Å². The Balaban J connectivity index is 2.48. The first-order chi connectivity index (χ1) is 7.25. The van der Waals surface area contributed by atoms with Crippen molar-refractivity contribution in [1.82, 2.24) is 0 Å². The molecule has 0 fully saturated rings. The third-order valence-corrected chi connectivity index (χ3v) is 3.11. The Labute approximate surface area is 96.2 Å². The summed E-state index contributed by atoms with van der Waals surface area (Å²) in [6.07, 6.45) is 8.84. The Morgan fingerprint density at radius 2 is 2.20 bits per heavy atom. The van der Waals surface area contributed by atoms with Crippen LogP contribution in [0.5, 0.6) is 0 Å². The quantitative estimate of drug-likeness (QED) is 0.642. The van der Waals surface area contributed by atoms with Gasteiger partial charge in [0, 0.05) is 6.08 Å². The monoisotopic (exact) mass is 259 g/mol. The molecule has 1 nitrogen and oxygen atoms in total. The summed E-state index contributed by atoms with van der Waals surface area (Å²) < 4.78 is 6.77. The Morgan fingerprint density at radius 1 is 1.33 bits per heavy atom. The first-order valence-electron chi connectivity index (χ1n) is 4.74. The summed E-state index contributed by atoms with van der Waals surface area (Å²) in [7, 11) is 0. The van der Waals surface area contributed by atoms with Crippen molar-refractivity contribution in [1.29, 1.82) is 0 Å². The van der Waals surface area contributed by atoms with E-state index in [1.807, 2.05) is 18.2 Å². The molecule has 1 aromatic heterocycles. The maximum absolute atomic E-state index is 5.76. The summed E-state index contributed by atoms with van der Waals surface area (Å²) in [6.45, 7) is 2.08. The van der Waals surface area contributed by atoms with Gasteiger partial charge in [0.1, 0.15) is 17.7 Å². The molecule has 0 bridgehead atoms. The minimum Gasteiger partial charge on any atom is -0.395 e. The van der Waals surface area contributed by atoms with Crippen molar-refractivity contribution >= 4 is 39.1 Å². The summed E-state index contributed by atoms with van der Waals surface area (Å²) in [5.41, 5.74) is 3.29. The average molecular weight is 260 g/mol. The summed E-state index contributed by atoms with van der Waals surface area (Å²) in [5.74, 6) is 0.888. The van der Waals surface area contributed by atoms with Gasteiger partial charge in [-0.2, -0.15) is 0 Å². The third-order valence-electron chi connectivity index (χ3n) is 2.52. The maximum atomic E-state index is 5.76. The van der Waals surface area contributed by atoms with Gasteiger partial charge in [-0.15, -0.1) is 0 Å². The molecule has 0 atom stereocenters. The van der Waals surface area contributed by atoms with Gasteiger partial charge in [0.15, 0.2) is 5.58 Å². The van der Waals surface area contributed by atoms with Crippen LogP contribution in [0.4, 0.5) is 0 Å². The molecule has 0 unspecified atom stereocenters. The van der Waals surface area contributed by atoms with Gasteiger partial charge >= 0.3 is 0 Å². The molecule has 15 heavy (non-hydrogen) atoms. The van der Waals surface area contributed by atoms with Crippen LogP contribution in [0.25, 0.3) is 23.1 Å². The number of halogens is 1. The molecule has 3 rings (SSSR count). The van der Waals surface area contributed by atoms with E-state index < -0.39 is 0 Å². The number of benzene rings is 1. The SMILES string of the molecule is Cc1cc(Br)c2oc3c(c2c1)C=C[C+]=C3. The number of hydrogen-bond acceptors (Lipinski definition) is 1. The highest BCUT2D eigenvalue weighted by Gasteiger charge is 2.20. The molecule has 1 heterocycles. The minimum absolute atomic E-state index is 0.888. The Kier molecular flexibility index (Phi) is 1.82. The van der Waals surface area contributed by atoms with Crippen LogP contribution in [0, 0.1) is 13.0 Å². The van der Waals surface area contributed by atoms with Crippen LogP contribution < -0.4 is 0 Å². The zero-order valence-corrected chi connectivity index (χ0v) is 9.76. The van der Waals surface area contributed by atoms with E-state index in [1.54, 1.807) is 0 Å². The molecule has 0 spiro atoms. The fourth-order valence-corrected chi connectivity index (χ4v) is 2.52. The summed E-state index contributed by atoms with van der Waals surface area (Å²) in [6, 6.07) is 4.21. The van der Waals surface area contributed by atoms with E-state index in [0.29, 0.717) is 0 Å². The Morgan fingerprint density at radius 3 is 3.07 bits per heavy atom. The molecule has 1 aliphatic rings. The molecule has 2 aromatic rings. The van der Waals surface area contributed by atoms with E-state index in [2.05, 4.69) is 41.1 Å². The largest absolute Gasteiger partial charge is 0.395 e. The van der Waals surface area contributed by atoms with Gasteiger partial charge < -0.3 is 4.42 Å². The number of rotatable bonds is 0. The number of furan rings is 1. The van der Waals surface area contributed by atoms with E-state index in [-0.39, 0.29) is 0 Å². The van der Waals surface area contributed by atoms with E-state index in [4.69, 9.17) is 4.42 Å². The molecule has 0 N–H and O–H groups in total. The summed E-state index contributed by atoms with van der Waals surface area (Å²) in [4.78, 5) is 0. The molecule has 2 heteroatoms. The molecule has 1 aromatic carbocycles. The van der Waals surface area contributed by atoms with Crippen LogP contribution in [0.2, 0.25) is 0 Å². The molecule has 0 radical (unpaired) electrons. The van der Waals surface area contributed by atoms with Gasteiger partial charge in [-0.1, -0.05) is 0 Å². The molecule has 1 aliphatic carbocycles. The molecular formula is C13H8BrO+. The highest BCUT2D eigenvalue weighted by Crippen LogP contribution is 2.35. The number of allylic oxidation sites excluding steroid dienone is 2. The second-order valence-electron chi connectivity index (χ2n) is 3.65. The van der Waals surface area contributed by atoms with E-state index in [0.717, 1.165) is 26.8 Å². The summed E-state index contributed by atoms with van der Waals surface area (Å²) in [5, 5.41) is 1.16. The fraction of sp³-hybridized carbons (Fsp3) is 0.0769. The van der Waals surface area contributed by atoms with Gasteiger partial charge in [0.05, 0.1) is 15.9 Å². The lowest BCUT2D eigenvalue weighted by Gasteiger charge is -1.94. The lowest BCUT2D eigenvalue weighted by atomic mass is 10.1. The van der Waals surface area contributed by atoms with E-state index >= 15 is 0 Å². The topological polar surface area (TPSA) is 13.1 Å². The van der Waals surface area contributed by atoms with Crippen molar-refractivity contribution < 1.29 is 4.42 Å². The molecule has 0 saturated heterocycles. The van der Waals surface area contributed by atoms with Crippen LogP contribution in [-0.4, -0.2) is 0 Å². The van der Waals surface area contributed by atoms with Crippen molar-refractivity contribution in [3.63, 3.8) is 0 Å². The zero-order valence-electron chi connectivity index (χ0n) is 8.17. The average Bonchev–Trinajstić information content (AvgIpc) is 2.57. The predicted octanol–water partition coefficient (Wildman–Crippen LogP) is 4.35. The minimum atomic E-state index is 0.888. The highest BCUT2D eigenvalue weighted by atomic mass is 79.9. The van der Waals surface area contributed by atoms with Crippen molar-refractivity contribution in [2.24, 2.45) is 0 Å². The standard InChI is InChI=1S/C13H8BrO/c1-8-6-10-9-4-2-3-5-12(9)15-13(10)11(14)7-8/h2,4-7H,1H3/q+1. The van der Waals surface area contributed by atoms with Crippen molar-refractivity contribution in [2.45, 2.75) is 6.92 Å². The molecule has 0 aliphatic heterocycles. The van der Waals surface area contributed by atoms with Crippen LogP contribution in [0.1, 0.15) is 16.9 Å². The van der Waals surface area contributed by atoms with Gasteiger partial charge in [-0.3, -0.25) is 0 Å². The molecular weight excluding hydrogens is 252 g/mol. The normalized spacial score (nSPS) is 12.9. The van der Waals surface area contributed by atoms with Crippen LogP contribution >= 0.6 is 15.9 Å². The van der Waals surface area contributed by atoms with Gasteiger partial charge in [-0.25, -0.2) is 0 Å². The molecule has 0 amide bonds. The van der Waals surface area contributed by atoms with Gasteiger partial charge in [-0.05, 0) is 40.5 Å². The van der Waals surface area contributed by atoms with Crippen molar-refractivity contribution in [2.75, 3.05) is 0 Å². The van der Waals surface area contributed by atoms with Crippen LogP contribution in [0.15, 0.2) is 27.1 Å². The van der Waals surface area contributed by atoms with E-state index in [9.17, 15) is 0 Å². The summed E-state index contributed by atoms with van der Waals surface area (Å²) >= 11 is 3.52. The van der Waals surface area contributed by atoms with Crippen LogP contribution in [-0.2, 0) is 0 Å². The maximum Gasteiger partial charge on any atom is 0.250 e. The van der Waals surface area contributed by atoms with Crippen molar-refractivity contribution in [3.05, 3.63) is 45.6 Å². The molecule has 0 saturated carbocycles. The first kappa shape index (κ1) is 8.90. The number of fused-ring (bicyclic) bond motifs is 3. The Hall–Kier alpha value is -1.37. The third kappa shape index (κ3) is 1.26. The van der Waals surface area contributed by atoms with Gasteiger partial charge in [0.25, 0.3) is 0 Å². The lowest BCUT2D eigenvalue weighted by Crippen LogP contribution is -1.78. The number of aryl methyl sites for hydroxylation is 1. The second-order valence-corrected chi connectivity index (χ2v) is 4.50. The van der Waals surface area contributed by atoms with Gasteiger partial charge in [0.2, 0.25) is 5.76 Å². The smallest absolute Gasteiger partial charge is 0.250 e. The van der Waals surface area contributed by atoms with Crippen molar-refractivity contribution in [3.8, 4) is 0 Å². The van der Waals surface area contributed by atoms with E-state index in [1.165, 1.54) is 5.56 Å². The predicted molar refractivity (Wildman–Crippen MR) is 65.4 cm³/mol. The zero-order chi connectivity index (χ0) is 10.4. The lowest BCUT2D eigenvalue weighted by molar-refractivity contribution is 0.601. The number of hydrogen-bond donors (Lipinski definition) is 0.